The summed E-state index contributed by atoms with van der Waals surface area (Å²) < 4.78 is 31.8. The van der Waals surface area contributed by atoms with E-state index >= 15 is 0 Å². The van der Waals surface area contributed by atoms with Gasteiger partial charge in [0.1, 0.15) is 11.6 Å². The minimum Gasteiger partial charge on any atom is -0.484 e. The minimum absolute atomic E-state index is 0.0878. The zero-order valence-corrected chi connectivity index (χ0v) is 12.7. The summed E-state index contributed by atoms with van der Waals surface area (Å²) in [7, 11) is 0. The van der Waals surface area contributed by atoms with E-state index in [1.807, 2.05) is 6.07 Å². The van der Waals surface area contributed by atoms with E-state index in [-0.39, 0.29) is 16.8 Å². The van der Waals surface area contributed by atoms with Crippen LogP contribution >= 0.6 is 15.9 Å². The molecule has 0 unspecified atom stereocenters. The predicted molar refractivity (Wildman–Crippen MR) is 79.3 cm³/mol. The lowest BCUT2D eigenvalue weighted by Gasteiger charge is -2.10. The first-order valence-corrected chi connectivity index (χ1v) is 6.86. The molecule has 4 nitrogen and oxygen atoms in total. The fourth-order valence-corrected chi connectivity index (χ4v) is 2.15. The quantitative estimate of drug-likeness (QED) is 0.898. The molecular weight excluding hydrogens is 358 g/mol. The molecule has 0 aliphatic carbocycles. The molecule has 1 amide bonds. The number of rotatable bonds is 4. The second-order valence-corrected chi connectivity index (χ2v) is 5.08. The van der Waals surface area contributed by atoms with Crippen LogP contribution in [0.1, 0.15) is 5.56 Å². The van der Waals surface area contributed by atoms with Gasteiger partial charge in [-0.2, -0.15) is 5.26 Å². The number of amides is 1. The van der Waals surface area contributed by atoms with Crippen LogP contribution in [0.25, 0.3) is 0 Å². The van der Waals surface area contributed by atoms with E-state index in [2.05, 4.69) is 21.2 Å². The van der Waals surface area contributed by atoms with Crippen molar-refractivity contribution in [1.29, 1.82) is 5.26 Å². The molecule has 112 valence electrons. The van der Waals surface area contributed by atoms with Gasteiger partial charge >= 0.3 is 0 Å². The topological polar surface area (TPSA) is 62.1 Å². The Kier molecular flexibility index (Phi) is 5.07. The highest BCUT2D eigenvalue weighted by Crippen LogP contribution is 2.26. The molecule has 0 saturated heterocycles. The summed E-state index contributed by atoms with van der Waals surface area (Å²) in [6.07, 6.45) is 0. The number of hydrogen-bond donors (Lipinski definition) is 1. The number of carbonyl (C=O) groups excluding carboxylic acids is 1. The van der Waals surface area contributed by atoms with Gasteiger partial charge < -0.3 is 10.1 Å². The average molecular weight is 367 g/mol. The molecule has 0 fully saturated rings. The van der Waals surface area contributed by atoms with E-state index in [1.54, 1.807) is 18.2 Å². The third-order valence-electron chi connectivity index (χ3n) is 2.60. The monoisotopic (exact) mass is 366 g/mol. The zero-order chi connectivity index (χ0) is 16.1. The van der Waals surface area contributed by atoms with E-state index in [4.69, 9.17) is 10.00 Å². The van der Waals surface area contributed by atoms with Gasteiger partial charge in [0.05, 0.1) is 17.3 Å². The van der Waals surface area contributed by atoms with E-state index < -0.39 is 17.5 Å². The number of nitriles is 1. The standard InChI is InChI=1S/C15H9BrF2N2O2/c16-12-5-10(17)6-13(18)15(12)20-14(21)8-22-11-3-1-2-9(4-11)7-19/h1-6H,8H2,(H,20,21). The number of carbonyl (C=O) groups is 1. The molecule has 0 spiro atoms. The molecule has 0 aromatic heterocycles. The summed E-state index contributed by atoms with van der Waals surface area (Å²) in [6.45, 7) is -0.377. The van der Waals surface area contributed by atoms with Crippen molar-refractivity contribution >= 4 is 27.5 Å². The highest BCUT2D eigenvalue weighted by molar-refractivity contribution is 9.10. The van der Waals surface area contributed by atoms with Crippen molar-refractivity contribution in [3.05, 3.63) is 58.1 Å². The number of nitrogens with one attached hydrogen (secondary N) is 1. The Morgan fingerprint density at radius 1 is 1.32 bits per heavy atom. The van der Waals surface area contributed by atoms with Crippen LogP contribution in [-0.4, -0.2) is 12.5 Å². The lowest BCUT2D eigenvalue weighted by molar-refractivity contribution is -0.118. The zero-order valence-electron chi connectivity index (χ0n) is 11.1. The highest BCUT2D eigenvalue weighted by Gasteiger charge is 2.13. The molecule has 1 N–H and O–H groups in total. The number of benzene rings is 2. The summed E-state index contributed by atoms with van der Waals surface area (Å²) in [6, 6.07) is 9.91. The molecule has 0 bridgehead atoms. The van der Waals surface area contributed by atoms with Gasteiger partial charge in [0.2, 0.25) is 0 Å². The Bertz CT molecular complexity index is 736. The van der Waals surface area contributed by atoms with Crippen LogP contribution in [0.3, 0.4) is 0 Å². The lowest BCUT2D eigenvalue weighted by atomic mass is 10.2. The first kappa shape index (κ1) is 15.9. The predicted octanol–water partition coefficient (Wildman–Crippen LogP) is 3.62. The molecule has 0 atom stereocenters. The van der Waals surface area contributed by atoms with Gasteiger partial charge in [0.15, 0.2) is 12.4 Å². The molecule has 2 aromatic rings. The normalized spacial score (nSPS) is 9.91. The summed E-state index contributed by atoms with van der Waals surface area (Å²) >= 11 is 2.97. The van der Waals surface area contributed by atoms with Crippen molar-refractivity contribution in [1.82, 2.24) is 0 Å². The van der Waals surface area contributed by atoms with Crippen molar-refractivity contribution in [3.8, 4) is 11.8 Å². The van der Waals surface area contributed by atoms with Gasteiger partial charge in [0, 0.05) is 10.5 Å². The van der Waals surface area contributed by atoms with E-state index in [1.165, 1.54) is 6.07 Å². The van der Waals surface area contributed by atoms with Crippen LogP contribution in [0.2, 0.25) is 0 Å². The molecule has 2 rings (SSSR count). The van der Waals surface area contributed by atoms with Crippen molar-refractivity contribution in [2.24, 2.45) is 0 Å². The lowest BCUT2D eigenvalue weighted by Crippen LogP contribution is -2.21. The van der Waals surface area contributed by atoms with Gasteiger partial charge in [-0.05, 0) is 40.2 Å². The molecule has 7 heteroatoms. The average Bonchev–Trinajstić information content (AvgIpc) is 2.49. The number of anilines is 1. The Morgan fingerprint density at radius 3 is 2.77 bits per heavy atom. The molecule has 2 aromatic carbocycles. The number of halogens is 3. The summed E-state index contributed by atoms with van der Waals surface area (Å²) in [5.74, 6) is -1.93. The SMILES string of the molecule is N#Cc1cccc(OCC(=O)Nc2c(F)cc(F)cc2Br)c1. The van der Waals surface area contributed by atoms with E-state index in [9.17, 15) is 13.6 Å². The first-order valence-electron chi connectivity index (χ1n) is 6.07. The van der Waals surface area contributed by atoms with Crippen molar-refractivity contribution < 1.29 is 18.3 Å². The Balaban J connectivity index is 2.00. The van der Waals surface area contributed by atoms with Crippen LogP contribution < -0.4 is 10.1 Å². The van der Waals surface area contributed by atoms with E-state index in [0.717, 1.165) is 6.07 Å². The first-order chi connectivity index (χ1) is 10.5. The second kappa shape index (κ2) is 7.00. The maximum absolute atomic E-state index is 13.6. The van der Waals surface area contributed by atoms with Crippen LogP contribution in [0.15, 0.2) is 40.9 Å². The molecule has 0 aliphatic heterocycles. The van der Waals surface area contributed by atoms with Gasteiger partial charge in [-0.15, -0.1) is 0 Å². The number of nitrogens with zero attached hydrogens (tertiary/aromatic N) is 1. The fraction of sp³-hybridized carbons (Fsp3) is 0.0667. The molecule has 0 heterocycles. The number of hydrogen-bond acceptors (Lipinski definition) is 3. The fourth-order valence-electron chi connectivity index (χ4n) is 1.64. The molecule has 0 aliphatic rings. The Morgan fingerprint density at radius 2 is 2.09 bits per heavy atom. The maximum atomic E-state index is 13.6. The Labute approximate surface area is 133 Å². The van der Waals surface area contributed by atoms with Crippen LogP contribution in [0.5, 0.6) is 5.75 Å². The smallest absolute Gasteiger partial charge is 0.262 e. The maximum Gasteiger partial charge on any atom is 0.262 e. The van der Waals surface area contributed by atoms with Gasteiger partial charge in [0.25, 0.3) is 5.91 Å². The molecule has 0 radical (unpaired) electrons. The third kappa shape index (κ3) is 4.02. The van der Waals surface area contributed by atoms with Crippen LogP contribution in [0.4, 0.5) is 14.5 Å². The summed E-state index contributed by atoms with van der Waals surface area (Å²) in [4.78, 5) is 11.7. The Hall–Kier alpha value is -2.46. The van der Waals surface area contributed by atoms with Crippen LogP contribution in [-0.2, 0) is 4.79 Å². The third-order valence-corrected chi connectivity index (χ3v) is 3.23. The second-order valence-electron chi connectivity index (χ2n) is 4.22. The minimum atomic E-state index is -0.897. The van der Waals surface area contributed by atoms with Gasteiger partial charge in [-0.3, -0.25) is 4.79 Å². The number of ether oxygens (including phenoxy) is 1. The molecule has 0 saturated carbocycles. The molecular formula is C15H9BrF2N2O2. The van der Waals surface area contributed by atoms with Gasteiger partial charge in [-0.1, -0.05) is 6.07 Å². The van der Waals surface area contributed by atoms with Crippen molar-refractivity contribution in [3.63, 3.8) is 0 Å². The summed E-state index contributed by atoms with van der Waals surface area (Å²) in [5.41, 5.74) is 0.228. The highest BCUT2D eigenvalue weighted by atomic mass is 79.9. The van der Waals surface area contributed by atoms with E-state index in [0.29, 0.717) is 17.4 Å². The largest absolute Gasteiger partial charge is 0.484 e. The van der Waals surface area contributed by atoms with Gasteiger partial charge in [-0.25, -0.2) is 8.78 Å². The molecule has 22 heavy (non-hydrogen) atoms. The van der Waals surface area contributed by atoms with Crippen LogP contribution in [0, 0.1) is 23.0 Å². The van der Waals surface area contributed by atoms with Crippen molar-refractivity contribution in [2.45, 2.75) is 0 Å². The van der Waals surface area contributed by atoms with Crippen molar-refractivity contribution in [2.75, 3.05) is 11.9 Å². The summed E-state index contributed by atoms with van der Waals surface area (Å²) in [5, 5.41) is 11.0.